The summed E-state index contributed by atoms with van der Waals surface area (Å²) in [6.45, 7) is 0.935. The molecule has 120 valence electrons. The highest BCUT2D eigenvalue weighted by Crippen LogP contribution is 2.29. The van der Waals surface area contributed by atoms with Gasteiger partial charge in [-0.3, -0.25) is 10.1 Å². The van der Waals surface area contributed by atoms with Crippen molar-refractivity contribution in [3.05, 3.63) is 75.8 Å². The first kappa shape index (κ1) is 15.5. The van der Waals surface area contributed by atoms with Crippen molar-refractivity contribution in [2.75, 3.05) is 18.0 Å². The first-order valence-electron chi connectivity index (χ1n) is 8.24. The fourth-order valence-corrected chi connectivity index (χ4v) is 3.44. The van der Waals surface area contributed by atoms with Crippen LogP contribution in [-0.2, 0) is 6.42 Å². The molecule has 0 aromatic heterocycles. The van der Waals surface area contributed by atoms with Crippen LogP contribution in [0.2, 0.25) is 0 Å². The fraction of sp³-hybridized carbons (Fsp3) is 0.368. The molecule has 1 aliphatic rings. The predicted molar refractivity (Wildman–Crippen MR) is 92.5 cm³/mol. The summed E-state index contributed by atoms with van der Waals surface area (Å²) in [5, 5.41) is 11.0. The Morgan fingerprint density at radius 1 is 1.04 bits per heavy atom. The molecular weight excluding hydrogens is 288 g/mol. The molecule has 2 aromatic rings. The fourth-order valence-electron chi connectivity index (χ4n) is 3.44. The molecule has 0 bridgehead atoms. The number of nitro groups is 1. The summed E-state index contributed by atoms with van der Waals surface area (Å²) in [6, 6.07) is 18.7. The summed E-state index contributed by atoms with van der Waals surface area (Å²) in [5.74, 6) is 0. The molecule has 1 heterocycles. The minimum absolute atomic E-state index is 0.00988. The van der Waals surface area contributed by atoms with Crippen LogP contribution >= 0.6 is 0 Å². The summed E-state index contributed by atoms with van der Waals surface area (Å²) in [6.07, 6.45) is 3.95. The van der Waals surface area contributed by atoms with Gasteiger partial charge in [0.05, 0.1) is 6.04 Å². The lowest BCUT2D eigenvalue weighted by atomic mass is 9.97. The summed E-state index contributed by atoms with van der Waals surface area (Å²) in [4.78, 5) is 13.1. The van der Waals surface area contributed by atoms with Crippen LogP contribution in [0.3, 0.4) is 0 Å². The quantitative estimate of drug-likeness (QED) is 0.621. The molecule has 0 aliphatic carbocycles. The lowest BCUT2D eigenvalue weighted by Gasteiger charge is -2.36. The van der Waals surface area contributed by atoms with Crippen molar-refractivity contribution in [1.82, 2.24) is 0 Å². The largest absolute Gasteiger partial charge is 0.362 e. The second-order valence-electron chi connectivity index (χ2n) is 6.15. The number of hydrogen-bond acceptors (Lipinski definition) is 3. The Labute approximate surface area is 136 Å². The number of hydrogen-bond donors (Lipinski definition) is 0. The molecule has 4 nitrogen and oxygen atoms in total. The van der Waals surface area contributed by atoms with Crippen LogP contribution < -0.4 is 4.90 Å². The van der Waals surface area contributed by atoms with Crippen molar-refractivity contribution in [3.8, 4) is 0 Å². The van der Waals surface area contributed by atoms with Gasteiger partial charge in [0, 0.05) is 17.2 Å². The first-order chi connectivity index (χ1) is 11.2. The molecule has 1 saturated heterocycles. The Balaban J connectivity index is 1.87. The van der Waals surface area contributed by atoms with E-state index in [-0.39, 0.29) is 17.5 Å². The van der Waals surface area contributed by atoms with E-state index in [1.54, 1.807) is 0 Å². The van der Waals surface area contributed by atoms with Gasteiger partial charge in [0.1, 0.15) is 0 Å². The highest BCUT2D eigenvalue weighted by Gasteiger charge is 2.27. The number of nitrogens with zero attached hydrogens (tertiary/aromatic N) is 2. The summed E-state index contributed by atoms with van der Waals surface area (Å²) >= 11 is 0. The van der Waals surface area contributed by atoms with E-state index in [4.69, 9.17) is 0 Å². The minimum Gasteiger partial charge on any atom is -0.362 e. The van der Waals surface area contributed by atoms with E-state index in [0.717, 1.165) is 37.9 Å². The molecule has 0 amide bonds. The minimum atomic E-state index is -0.178. The van der Waals surface area contributed by atoms with Gasteiger partial charge in [-0.25, -0.2) is 0 Å². The first-order valence-corrected chi connectivity index (χ1v) is 8.24. The Morgan fingerprint density at radius 2 is 1.78 bits per heavy atom. The van der Waals surface area contributed by atoms with Gasteiger partial charge in [0.2, 0.25) is 6.54 Å². The maximum absolute atomic E-state index is 11.0. The standard InChI is InChI=1S/C19H22N2O2/c22-21(23)15-18-11-6-7-13-20(18)19-12-5-4-10-17(19)14-16-8-2-1-3-9-16/h1-5,8-10,12,18H,6-7,11,13-15H2. The van der Waals surface area contributed by atoms with Gasteiger partial charge >= 0.3 is 0 Å². The van der Waals surface area contributed by atoms with Gasteiger partial charge in [-0.2, -0.15) is 0 Å². The highest BCUT2D eigenvalue weighted by atomic mass is 16.6. The molecule has 1 atom stereocenters. The second kappa shape index (κ2) is 7.27. The van der Waals surface area contributed by atoms with Gasteiger partial charge in [-0.1, -0.05) is 48.5 Å². The molecular formula is C19H22N2O2. The third-order valence-electron chi connectivity index (χ3n) is 4.53. The van der Waals surface area contributed by atoms with Crippen molar-refractivity contribution in [2.45, 2.75) is 31.7 Å². The highest BCUT2D eigenvalue weighted by molar-refractivity contribution is 5.56. The van der Waals surface area contributed by atoms with E-state index < -0.39 is 0 Å². The van der Waals surface area contributed by atoms with Gasteiger partial charge in [-0.05, 0) is 42.9 Å². The lowest BCUT2D eigenvalue weighted by molar-refractivity contribution is -0.482. The van der Waals surface area contributed by atoms with E-state index in [9.17, 15) is 10.1 Å². The van der Waals surface area contributed by atoms with E-state index in [1.165, 1.54) is 11.1 Å². The molecule has 1 aliphatic heterocycles. The Bertz CT molecular complexity index is 657. The van der Waals surface area contributed by atoms with Crippen molar-refractivity contribution < 1.29 is 4.92 Å². The van der Waals surface area contributed by atoms with Crippen LogP contribution in [0.15, 0.2) is 54.6 Å². The van der Waals surface area contributed by atoms with Crippen LogP contribution in [0.5, 0.6) is 0 Å². The monoisotopic (exact) mass is 310 g/mol. The van der Waals surface area contributed by atoms with Gasteiger partial charge < -0.3 is 4.90 Å². The topological polar surface area (TPSA) is 46.4 Å². The van der Waals surface area contributed by atoms with Crippen LogP contribution in [0, 0.1) is 10.1 Å². The van der Waals surface area contributed by atoms with E-state index >= 15 is 0 Å². The molecule has 3 rings (SSSR count). The molecule has 0 spiro atoms. The van der Waals surface area contributed by atoms with Crippen molar-refractivity contribution in [1.29, 1.82) is 0 Å². The average Bonchev–Trinajstić information content (AvgIpc) is 2.56. The van der Waals surface area contributed by atoms with E-state index in [1.807, 2.05) is 30.3 Å². The maximum atomic E-state index is 11.0. The van der Waals surface area contributed by atoms with Crippen molar-refractivity contribution >= 4 is 5.69 Å². The van der Waals surface area contributed by atoms with Gasteiger partial charge in [0.25, 0.3) is 0 Å². The molecule has 4 heteroatoms. The SMILES string of the molecule is O=[N+]([O-])CC1CCCCN1c1ccccc1Cc1ccccc1. The Hall–Kier alpha value is -2.36. The van der Waals surface area contributed by atoms with E-state index in [0.29, 0.717) is 0 Å². The second-order valence-corrected chi connectivity index (χ2v) is 6.15. The zero-order chi connectivity index (χ0) is 16.1. The smallest absolute Gasteiger partial charge is 0.223 e. The van der Waals surface area contributed by atoms with E-state index in [2.05, 4.69) is 29.2 Å². The third kappa shape index (κ3) is 3.89. The predicted octanol–water partition coefficient (Wildman–Crippen LogP) is 3.91. The Morgan fingerprint density at radius 3 is 2.57 bits per heavy atom. The molecule has 0 radical (unpaired) electrons. The molecule has 2 aromatic carbocycles. The number of rotatable bonds is 5. The maximum Gasteiger partial charge on any atom is 0.223 e. The number of anilines is 1. The van der Waals surface area contributed by atoms with Crippen molar-refractivity contribution in [2.24, 2.45) is 0 Å². The van der Waals surface area contributed by atoms with Crippen LogP contribution in [0.25, 0.3) is 0 Å². The number of piperidine rings is 1. The summed E-state index contributed by atoms with van der Waals surface area (Å²) in [5.41, 5.74) is 3.67. The van der Waals surface area contributed by atoms with Crippen LogP contribution in [0.4, 0.5) is 5.69 Å². The van der Waals surface area contributed by atoms with Gasteiger partial charge in [0.15, 0.2) is 0 Å². The molecule has 0 N–H and O–H groups in total. The third-order valence-corrected chi connectivity index (χ3v) is 4.53. The number of benzene rings is 2. The Kier molecular flexibility index (Phi) is 4.91. The van der Waals surface area contributed by atoms with Gasteiger partial charge in [-0.15, -0.1) is 0 Å². The number of para-hydroxylation sites is 1. The van der Waals surface area contributed by atoms with Crippen LogP contribution in [-0.4, -0.2) is 24.1 Å². The van der Waals surface area contributed by atoms with Crippen molar-refractivity contribution in [3.63, 3.8) is 0 Å². The summed E-state index contributed by atoms with van der Waals surface area (Å²) in [7, 11) is 0. The van der Waals surface area contributed by atoms with Crippen LogP contribution in [0.1, 0.15) is 30.4 Å². The average molecular weight is 310 g/mol. The molecule has 1 fully saturated rings. The molecule has 1 unspecified atom stereocenters. The lowest BCUT2D eigenvalue weighted by Crippen LogP contribution is -2.44. The normalized spacial score (nSPS) is 17.9. The summed E-state index contributed by atoms with van der Waals surface area (Å²) < 4.78 is 0. The zero-order valence-corrected chi connectivity index (χ0v) is 13.2. The zero-order valence-electron chi connectivity index (χ0n) is 13.2. The molecule has 0 saturated carbocycles. The molecule has 23 heavy (non-hydrogen) atoms.